The third-order valence-corrected chi connectivity index (χ3v) is 5.78. The quantitative estimate of drug-likeness (QED) is 0.818. The van der Waals surface area contributed by atoms with Gasteiger partial charge in [-0.1, -0.05) is 20.3 Å². The van der Waals surface area contributed by atoms with E-state index in [-0.39, 0.29) is 0 Å². The van der Waals surface area contributed by atoms with Crippen LogP contribution in [0.5, 0.6) is 0 Å². The van der Waals surface area contributed by atoms with Crippen LogP contribution in [-0.2, 0) is 0 Å². The number of hydrogen-bond acceptors (Lipinski definition) is 3. The normalized spacial score (nSPS) is 39.1. The van der Waals surface area contributed by atoms with E-state index in [0.29, 0.717) is 6.04 Å². The number of nitrogens with zero attached hydrogens (tertiary/aromatic N) is 1. The second-order valence-corrected chi connectivity index (χ2v) is 7.66. The van der Waals surface area contributed by atoms with Crippen LogP contribution in [0.15, 0.2) is 0 Å². The van der Waals surface area contributed by atoms with Crippen molar-refractivity contribution in [2.75, 3.05) is 26.2 Å². The van der Waals surface area contributed by atoms with Crippen LogP contribution in [0.2, 0.25) is 0 Å². The van der Waals surface area contributed by atoms with Gasteiger partial charge in [-0.3, -0.25) is 0 Å². The third-order valence-electron chi connectivity index (χ3n) is 5.78. The molecule has 0 aromatic heterocycles. The van der Waals surface area contributed by atoms with E-state index < -0.39 is 5.60 Å². The Morgan fingerprint density at radius 2 is 2.00 bits per heavy atom. The number of likely N-dealkylation sites (tertiary alicyclic amines) is 1. The zero-order chi connectivity index (χ0) is 15.3. The van der Waals surface area contributed by atoms with Crippen molar-refractivity contribution in [2.45, 2.75) is 77.4 Å². The molecule has 2 N–H and O–H groups in total. The van der Waals surface area contributed by atoms with Gasteiger partial charge in [0.05, 0.1) is 5.60 Å². The van der Waals surface area contributed by atoms with Crippen molar-refractivity contribution < 1.29 is 5.11 Å². The Balaban J connectivity index is 1.90. The summed E-state index contributed by atoms with van der Waals surface area (Å²) in [6.45, 7) is 11.1. The molecular weight excluding hydrogens is 260 g/mol. The molecule has 0 amide bonds. The van der Waals surface area contributed by atoms with Gasteiger partial charge in [-0.2, -0.15) is 0 Å². The van der Waals surface area contributed by atoms with E-state index in [0.717, 1.165) is 44.2 Å². The molecule has 0 aromatic rings. The summed E-state index contributed by atoms with van der Waals surface area (Å²) in [7, 11) is 0. The average Bonchev–Trinajstić information content (AvgIpc) is 2.62. The van der Waals surface area contributed by atoms with Gasteiger partial charge in [0.2, 0.25) is 0 Å². The first-order chi connectivity index (χ1) is 10.0. The summed E-state index contributed by atoms with van der Waals surface area (Å²) in [6, 6.07) is 0.710. The molecule has 0 spiro atoms. The van der Waals surface area contributed by atoms with Crippen molar-refractivity contribution in [3.05, 3.63) is 0 Å². The molecule has 0 radical (unpaired) electrons. The average molecular weight is 296 g/mol. The van der Waals surface area contributed by atoms with Crippen molar-refractivity contribution in [2.24, 2.45) is 11.8 Å². The van der Waals surface area contributed by atoms with Gasteiger partial charge in [-0.25, -0.2) is 0 Å². The van der Waals surface area contributed by atoms with E-state index in [4.69, 9.17) is 0 Å². The van der Waals surface area contributed by atoms with Crippen LogP contribution in [-0.4, -0.2) is 47.8 Å². The van der Waals surface area contributed by atoms with Crippen LogP contribution in [0.25, 0.3) is 0 Å². The molecule has 1 heterocycles. The summed E-state index contributed by atoms with van der Waals surface area (Å²) in [5, 5.41) is 14.0. The topological polar surface area (TPSA) is 35.5 Å². The van der Waals surface area contributed by atoms with Crippen molar-refractivity contribution in [1.29, 1.82) is 0 Å². The molecule has 0 bridgehead atoms. The molecule has 21 heavy (non-hydrogen) atoms. The highest BCUT2D eigenvalue weighted by molar-refractivity contribution is 4.88. The van der Waals surface area contributed by atoms with E-state index in [2.05, 4.69) is 24.1 Å². The summed E-state index contributed by atoms with van der Waals surface area (Å²) < 4.78 is 0. The highest BCUT2D eigenvalue weighted by Crippen LogP contribution is 2.32. The lowest BCUT2D eigenvalue weighted by Gasteiger charge is -2.39. The van der Waals surface area contributed by atoms with E-state index in [1.54, 1.807) is 0 Å². The maximum absolute atomic E-state index is 10.3. The molecule has 3 heteroatoms. The van der Waals surface area contributed by atoms with Crippen LogP contribution in [0.1, 0.15) is 65.7 Å². The Labute approximate surface area is 131 Å². The smallest absolute Gasteiger partial charge is 0.0632 e. The number of rotatable bonds is 5. The number of hydrogen-bond donors (Lipinski definition) is 2. The van der Waals surface area contributed by atoms with Crippen molar-refractivity contribution in [3.8, 4) is 0 Å². The van der Waals surface area contributed by atoms with Gasteiger partial charge >= 0.3 is 0 Å². The first kappa shape index (κ1) is 17.2. The van der Waals surface area contributed by atoms with Gasteiger partial charge in [0.15, 0.2) is 0 Å². The van der Waals surface area contributed by atoms with Gasteiger partial charge < -0.3 is 15.3 Å². The monoisotopic (exact) mass is 296 g/mol. The largest absolute Gasteiger partial charge is 0.390 e. The van der Waals surface area contributed by atoms with Crippen LogP contribution in [0.3, 0.4) is 0 Å². The Morgan fingerprint density at radius 1 is 1.19 bits per heavy atom. The highest BCUT2D eigenvalue weighted by atomic mass is 16.3. The molecule has 4 atom stereocenters. The first-order valence-electron chi connectivity index (χ1n) is 9.22. The summed E-state index contributed by atoms with van der Waals surface area (Å²) in [4.78, 5) is 2.62. The molecule has 2 rings (SSSR count). The SMILES string of the molecule is CCNC1CCC(CC)CC1CN1CCCC(C)(O)CC1. The van der Waals surface area contributed by atoms with E-state index >= 15 is 0 Å². The molecule has 3 nitrogen and oxygen atoms in total. The molecule has 1 saturated carbocycles. The fourth-order valence-electron chi connectivity index (χ4n) is 4.30. The molecule has 4 unspecified atom stereocenters. The van der Waals surface area contributed by atoms with Gasteiger partial charge in [0.25, 0.3) is 0 Å². The molecule has 2 fully saturated rings. The third kappa shape index (κ3) is 5.22. The second-order valence-electron chi connectivity index (χ2n) is 7.66. The molecule has 0 aromatic carbocycles. The van der Waals surface area contributed by atoms with E-state index in [1.165, 1.54) is 38.8 Å². The Bertz CT molecular complexity index is 306. The zero-order valence-electron chi connectivity index (χ0n) is 14.4. The Hall–Kier alpha value is -0.120. The number of aliphatic hydroxyl groups is 1. The minimum atomic E-state index is -0.436. The molecule has 124 valence electrons. The van der Waals surface area contributed by atoms with Crippen LogP contribution < -0.4 is 5.32 Å². The van der Waals surface area contributed by atoms with E-state index in [1.807, 2.05) is 6.92 Å². The zero-order valence-corrected chi connectivity index (χ0v) is 14.4. The van der Waals surface area contributed by atoms with Crippen LogP contribution in [0.4, 0.5) is 0 Å². The minimum absolute atomic E-state index is 0.436. The first-order valence-corrected chi connectivity index (χ1v) is 9.22. The van der Waals surface area contributed by atoms with Crippen molar-refractivity contribution in [3.63, 3.8) is 0 Å². The summed E-state index contributed by atoms with van der Waals surface area (Å²) in [5.74, 6) is 1.73. The maximum atomic E-state index is 10.3. The Morgan fingerprint density at radius 3 is 2.71 bits per heavy atom. The molecule has 1 aliphatic carbocycles. The molecule has 1 aliphatic heterocycles. The summed E-state index contributed by atoms with van der Waals surface area (Å²) in [6.07, 6.45) is 8.51. The maximum Gasteiger partial charge on any atom is 0.0632 e. The van der Waals surface area contributed by atoms with Crippen LogP contribution in [0, 0.1) is 11.8 Å². The highest BCUT2D eigenvalue weighted by Gasteiger charge is 2.32. The summed E-state index contributed by atoms with van der Waals surface area (Å²) in [5.41, 5.74) is -0.436. The fraction of sp³-hybridized carbons (Fsp3) is 1.00. The summed E-state index contributed by atoms with van der Waals surface area (Å²) >= 11 is 0. The van der Waals surface area contributed by atoms with E-state index in [9.17, 15) is 5.11 Å². The van der Waals surface area contributed by atoms with Gasteiger partial charge in [0, 0.05) is 19.1 Å². The lowest BCUT2D eigenvalue weighted by molar-refractivity contribution is 0.0432. The van der Waals surface area contributed by atoms with Gasteiger partial charge in [-0.05, 0) is 70.4 Å². The molecule has 2 aliphatic rings. The predicted molar refractivity (Wildman–Crippen MR) is 89.5 cm³/mol. The second kappa shape index (κ2) is 7.94. The lowest BCUT2D eigenvalue weighted by Crippen LogP contribution is -2.46. The molecular formula is C18H36N2O. The van der Waals surface area contributed by atoms with Crippen molar-refractivity contribution in [1.82, 2.24) is 10.2 Å². The minimum Gasteiger partial charge on any atom is -0.390 e. The lowest BCUT2D eigenvalue weighted by atomic mass is 9.76. The number of nitrogens with one attached hydrogen (secondary N) is 1. The van der Waals surface area contributed by atoms with Gasteiger partial charge in [0.1, 0.15) is 0 Å². The van der Waals surface area contributed by atoms with Crippen molar-refractivity contribution >= 4 is 0 Å². The predicted octanol–water partition coefficient (Wildman–Crippen LogP) is 3.03. The molecule has 1 saturated heterocycles. The Kier molecular flexibility index (Phi) is 6.51. The standard InChI is InChI=1S/C18H36N2O/c1-4-15-7-8-17(19-5-2)16(13-15)14-20-11-6-9-18(3,21)10-12-20/h15-17,19,21H,4-14H2,1-3H3. The van der Waals surface area contributed by atoms with Crippen LogP contribution >= 0.6 is 0 Å². The fourth-order valence-corrected chi connectivity index (χ4v) is 4.30. The van der Waals surface area contributed by atoms with Gasteiger partial charge in [-0.15, -0.1) is 0 Å².